The van der Waals surface area contributed by atoms with Gasteiger partial charge < -0.3 is 10.1 Å². The van der Waals surface area contributed by atoms with E-state index in [-0.39, 0.29) is 17.6 Å². The number of ether oxygens (including phenoxy) is 1. The third-order valence-corrected chi connectivity index (χ3v) is 5.56. The van der Waals surface area contributed by atoms with Crippen molar-refractivity contribution < 1.29 is 23.9 Å². The Labute approximate surface area is 141 Å². The van der Waals surface area contributed by atoms with Crippen molar-refractivity contribution in [2.45, 2.75) is 69.9 Å². The number of hydrogen-bond acceptors (Lipinski definition) is 5. The lowest BCUT2D eigenvalue weighted by molar-refractivity contribution is -0.158. The smallest absolute Gasteiger partial charge is 0.326 e. The number of urea groups is 1. The topological polar surface area (TPSA) is 92.8 Å². The van der Waals surface area contributed by atoms with Crippen LogP contribution in [-0.2, 0) is 19.1 Å². The molecule has 0 aromatic carbocycles. The van der Waals surface area contributed by atoms with Crippen molar-refractivity contribution in [1.82, 2.24) is 10.2 Å². The Morgan fingerprint density at radius 2 is 1.96 bits per heavy atom. The van der Waals surface area contributed by atoms with Crippen LogP contribution in [0.5, 0.6) is 0 Å². The molecule has 0 aromatic rings. The maximum Gasteiger partial charge on any atom is 0.326 e. The molecule has 0 bridgehead atoms. The summed E-state index contributed by atoms with van der Waals surface area (Å²) in [5.41, 5.74) is -0.879. The fourth-order valence-corrected chi connectivity index (χ4v) is 4.04. The first-order valence-corrected chi connectivity index (χ1v) is 8.80. The summed E-state index contributed by atoms with van der Waals surface area (Å²) in [7, 11) is 0. The van der Waals surface area contributed by atoms with Crippen LogP contribution in [0.3, 0.4) is 0 Å². The van der Waals surface area contributed by atoms with Gasteiger partial charge in [-0.15, -0.1) is 0 Å². The van der Waals surface area contributed by atoms with Gasteiger partial charge in [0.2, 0.25) is 0 Å². The van der Waals surface area contributed by atoms with Gasteiger partial charge in [0, 0.05) is 6.42 Å². The number of ketones is 1. The van der Waals surface area contributed by atoms with E-state index in [1.54, 1.807) is 0 Å². The second-order valence-electron chi connectivity index (χ2n) is 7.13. The minimum absolute atomic E-state index is 0.0450. The zero-order valence-electron chi connectivity index (χ0n) is 14.0. The Morgan fingerprint density at radius 3 is 2.67 bits per heavy atom. The number of esters is 1. The van der Waals surface area contributed by atoms with Gasteiger partial charge in [-0.2, -0.15) is 0 Å². The predicted molar refractivity (Wildman–Crippen MR) is 84.0 cm³/mol. The van der Waals surface area contributed by atoms with Crippen molar-refractivity contribution >= 4 is 23.7 Å². The molecule has 3 fully saturated rings. The molecule has 3 atom stereocenters. The Kier molecular flexibility index (Phi) is 4.60. The molecule has 1 spiro atoms. The molecule has 3 aliphatic rings. The first-order valence-electron chi connectivity index (χ1n) is 8.80. The summed E-state index contributed by atoms with van der Waals surface area (Å²) < 4.78 is 5.20. The molecule has 0 radical (unpaired) electrons. The van der Waals surface area contributed by atoms with E-state index in [0.717, 1.165) is 37.0 Å². The van der Waals surface area contributed by atoms with E-state index < -0.39 is 30.2 Å². The Hall–Kier alpha value is -1.92. The molecule has 1 heterocycles. The Bertz CT molecular complexity index is 575. The molecule has 3 amide bonds. The summed E-state index contributed by atoms with van der Waals surface area (Å²) in [5.74, 6) is -1.07. The maximum atomic E-state index is 12.8. The van der Waals surface area contributed by atoms with Gasteiger partial charge in [-0.25, -0.2) is 4.79 Å². The van der Waals surface area contributed by atoms with Crippen LogP contribution >= 0.6 is 0 Å². The molecule has 2 saturated carbocycles. The number of nitrogens with one attached hydrogen (secondary N) is 1. The third kappa shape index (κ3) is 2.91. The van der Waals surface area contributed by atoms with Crippen molar-refractivity contribution in [3.05, 3.63) is 0 Å². The van der Waals surface area contributed by atoms with Gasteiger partial charge in [-0.3, -0.25) is 19.3 Å². The molecule has 0 aromatic heterocycles. The van der Waals surface area contributed by atoms with Crippen LogP contribution in [0.4, 0.5) is 4.79 Å². The highest BCUT2D eigenvalue weighted by Crippen LogP contribution is 2.38. The second kappa shape index (κ2) is 6.53. The van der Waals surface area contributed by atoms with Gasteiger partial charge in [0.15, 0.2) is 11.9 Å². The number of Topliss-reactive ketones (excluding diaryl/α,β-unsaturated/α-hetero) is 1. The number of nitrogens with zero attached hydrogens (tertiary/aromatic N) is 1. The number of carbonyl (C=O) groups is 4. The number of hydrogen-bond donors (Lipinski definition) is 1. The van der Waals surface area contributed by atoms with Crippen LogP contribution in [-0.4, -0.2) is 46.8 Å². The first-order chi connectivity index (χ1) is 11.4. The van der Waals surface area contributed by atoms with Gasteiger partial charge in [0.25, 0.3) is 5.91 Å². The van der Waals surface area contributed by atoms with Crippen LogP contribution in [0.15, 0.2) is 0 Å². The molecule has 1 aliphatic heterocycles. The summed E-state index contributed by atoms with van der Waals surface area (Å²) in [6, 6.07) is -0.541. The average Bonchev–Trinajstić information content (AvgIpc) is 2.78. The lowest BCUT2D eigenvalue weighted by Gasteiger charge is -2.36. The molecule has 7 nitrogen and oxygen atoms in total. The van der Waals surface area contributed by atoms with Crippen molar-refractivity contribution in [2.24, 2.45) is 5.92 Å². The minimum Gasteiger partial charge on any atom is -0.453 e. The number of imide groups is 1. The number of amides is 3. The average molecular weight is 336 g/mol. The van der Waals surface area contributed by atoms with Crippen LogP contribution < -0.4 is 5.32 Å². The zero-order chi connectivity index (χ0) is 17.3. The van der Waals surface area contributed by atoms with Crippen LogP contribution in [0.2, 0.25) is 0 Å². The summed E-state index contributed by atoms with van der Waals surface area (Å²) in [6.07, 6.45) is 5.27. The van der Waals surface area contributed by atoms with Gasteiger partial charge in [0.05, 0.1) is 0 Å². The highest BCUT2D eigenvalue weighted by Gasteiger charge is 2.55. The molecular weight excluding hydrogens is 312 g/mol. The maximum absolute atomic E-state index is 12.8. The Morgan fingerprint density at radius 1 is 1.21 bits per heavy atom. The van der Waals surface area contributed by atoms with E-state index in [1.165, 1.54) is 0 Å². The van der Waals surface area contributed by atoms with Crippen molar-refractivity contribution in [3.63, 3.8) is 0 Å². The van der Waals surface area contributed by atoms with Crippen LogP contribution in [0, 0.1) is 5.92 Å². The predicted octanol–water partition coefficient (Wildman–Crippen LogP) is 1.54. The van der Waals surface area contributed by atoms with E-state index >= 15 is 0 Å². The molecule has 3 rings (SSSR count). The SMILES string of the molecule is C[C@H]1CCCC[C@]12NC(=O)N(CC(=O)O[C@@H]1CCCCC1=O)C2=O. The van der Waals surface area contributed by atoms with Crippen molar-refractivity contribution in [2.75, 3.05) is 6.54 Å². The minimum atomic E-state index is -0.879. The number of rotatable bonds is 3. The largest absolute Gasteiger partial charge is 0.453 e. The van der Waals surface area contributed by atoms with E-state index in [9.17, 15) is 19.2 Å². The van der Waals surface area contributed by atoms with Gasteiger partial charge >= 0.3 is 12.0 Å². The molecule has 0 unspecified atom stereocenters. The van der Waals surface area contributed by atoms with E-state index in [0.29, 0.717) is 19.3 Å². The first kappa shape index (κ1) is 16.9. The molecule has 1 N–H and O–H groups in total. The van der Waals surface area contributed by atoms with E-state index in [2.05, 4.69) is 5.32 Å². The van der Waals surface area contributed by atoms with E-state index in [1.807, 2.05) is 6.92 Å². The standard InChI is InChI=1S/C17H24N2O5/c1-11-6-4-5-9-17(11)15(22)19(16(23)18-17)10-14(21)24-13-8-3-2-7-12(13)20/h11,13H,2-10H2,1H3,(H,18,23)/t11-,13+,17-/m0/s1. The van der Waals surface area contributed by atoms with Crippen molar-refractivity contribution in [1.29, 1.82) is 0 Å². The highest BCUT2D eigenvalue weighted by molar-refractivity contribution is 6.09. The molecular formula is C17H24N2O5. The summed E-state index contributed by atoms with van der Waals surface area (Å²) in [4.78, 5) is 49.8. The monoisotopic (exact) mass is 336 g/mol. The zero-order valence-corrected chi connectivity index (χ0v) is 14.0. The lowest BCUT2D eigenvalue weighted by atomic mass is 9.73. The second-order valence-corrected chi connectivity index (χ2v) is 7.13. The normalized spacial score (nSPS) is 33.7. The lowest BCUT2D eigenvalue weighted by Crippen LogP contribution is -2.54. The van der Waals surface area contributed by atoms with Crippen LogP contribution in [0.25, 0.3) is 0 Å². The number of carbonyl (C=O) groups excluding carboxylic acids is 4. The fourth-order valence-electron chi connectivity index (χ4n) is 4.04. The summed E-state index contributed by atoms with van der Waals surface area (Å²) in [5, 5.41) is 2.80. The van der Waals surface area contributed by atoms with Crippen LogP contribution in [0.1, 0.15) is 58.3 Å². The van der Waals surface area contributed by atoms with Gasteiger partial charge in [0.1, 0.15) is 12.1 Å². The summed E-state index contributed by atoms with van der Waals surface area (Å²) in [6.45, 7) is 1.53. The quantitative estimate of drug-likeness (QED) is 0.623. The van der Waals surface area contributed by atoms with Gasteiger partial charge in [-0.05, 0) is 38.0 Å². The molecule has 24 heavy (non-hydrogen) atoms. The molecule has 7 heteroatoms. The molecule has 2 aliphatic carbocycles. The summed E-state index contributed by atoms with van der Waals surface area (Å²) >= 11 is 0. The third-order valence-electron chi connectivity index (χ3n) is 5.56. The fraction of sp³-hybridized carbons (Fsp3) is 0.765. The molecule has 1 saturated heterocycles. The molecule has 132 valence electrons. The van der Waals surface area contributed by atoms with E-state index in [4.69, 9.17) is 4.74 Å². The highest BCUT2D eigenvalue weighted by atomic mass is 16.5. The Balaban J connectivity index is 1.64. The van der Waals surface area contributed by atoms with Crippen molar-refractivity contribution in [3.8, 4) is 0 Å². The van der Waals surface area contributed by atoms with Gasteiger partial charge in [-0.1, -0.05) is 19.8 Å².